The molecular weight excluding hydrogens is 391 g/mol. The molecule has 1 heterocycles. The third-order valence-electron chi connectivity index (χ3n) is 6.41. The maximum absolute atomic E-state index is 6.73. The Balaban J connectivity index is 1.36. The van der Waals surface area contributed by atoms with Gasteiger partial charge in [-0.05, 0) is 30.3 Å². The Kier molecular flexibility index (Phi) is 5.63. The molecule has 2 unspecified atom stereocenters. The van der Waals surface area contributed by atoms with Crippen LogP contribution in [0.25, 0.3) is 0 Å². The Labute approximate surface area is 178 Å². The molecule has 2 fully saturated rings. The Morgan fingerprint density at radius 2 is 1.61 bits per heavy atom. The molecule has 150 valence electrons. The lowest BCUT2D eigenvalue weighted by atomic mass is 9.93. The van der Waals surface area contributed by atoms with Gasteiger partial charge in [-0.2, -0.15) is 0 Å². The van der Waals surface area contributed by atoms with Crippen LogP contribution in [0.1, 0.15) is 24.0 Å². The van der Waals surface area contributed by atoms with E-state index in [9.17, 15) is 0 Å². The van der Waals surface area contributed by atoms with Gasteiger partial charge in [-0.3, -0.25) is 4.90 Å². The van der Waals surface area contributed by atoms with Crippen LogP contribution >= 0.6 is 23.2 Å². The zero-order chi connectivity index (χ0) is 19.8. The highest BCUT2D eigenvalue weighted by Gasteiger charge is 2.74. The zero-order valence-corrected chi connectivity index (χ0v) is 18.1. The van der Waals surface area contributed by atoms with Crippen molar-refractivity contribution in [3.05, 3.63) is 65.7 Å². The fourth-order valence-electron chi connectivity index (χ4n) is 4.34. The van der Waals surface area contributed by atoms with Crippen molar-refractivity contribution in [3.63, 3.8) is 0 Å². The summed E-state index contributed by atoms with van der Waals surface area (Å²) in [5.74, 6) is 0.972. The summed E-state index contributed by atoms with van der Waals surface area (Å²) in [5.41, 5.74) is 2.06. The predicted molar refractivity (Wildman–Crippen MR) is 117 cm³/mol. The number of benzene rings is 2. The minimum Gasteiger partial charge on any atom is -0.492 e. The van der Waals surface area contributed by atoms with Gasteiger partial charge in [0.1, 0.15) is 16.7 Å². The van der Waals surface area contributed by atoms with Crippen LogP contribution in [0.4, 0.5) is 0 Å². The van der Waals surface area contributed by atoms with Gasteiger partial charge in [-0.1, -0.05) is 72.6 Å². The standard InChI is InChI=1S/C23H28Cl2N2O/c1-22(19-6-4-3-5-7-19)21(23(22,24)25)18-8-10-20(11-9-18)28-17-16-27-14-12-26(2)13-15-27/h3-11,21H,12-17H2,1-2H3. The molecule has 1 saturated heterocycles. The number of nitrogens with zero attached hydrogens (tertiary/aromatic N) is 2. The third kappa shape index (κ3) is 3.66. The number of ether oxygens (including phenoxy) is 1. The second kappa shape index (κ2) is 7.87. The lowest BCUT2D eigenvalue weighted by Gasteiger charge is -2.32. The fourth-order valence-corrected chi connectivity index (χ4v) is 5.35. The molecule has 0 amide bonds. The van der Waals surface area contributed by atoms with Crippen LogP contribution in [0.15, 0.2) is 54.6 Å². The highest BCUT2D eigenvalue weighted by Crippen LogP contribution is 2.74. The first kappa shape index (κ1) is 20.0. The lowest BCUT2D eigenvalue weighted by Crippen LogP contribution is -2.45. The van der Waals surface area contributed by atoms with Crippen LogP contribution < -0.4 is 4.74 Å². The van der Waals surface area contributed by atoms with Crippen LogP contribution in [0.2, 0.25) is 0 Å². The lowest BCUT2D eigenvalue weighted by molar-refractivity contribution is 0.133. The third-order valence-corrected chi connectivity index (χ3v) is 7.63. The van der Waals surface area contributed by atoms with Crippen molar-refractivity contribution < 1.29 is 4.74 Å². The molecule has 2 aromatic carbocycles. The summed E-state index contributed by atoms with van der Waals surface area (Å²) in [6, 6.07) is 18.6. The van der Waals surface area contributed by atoms with Crippen LogP contribution in [-0.2, 0) is 5.41 Å². The molecule has 0 spiro atoms. The molecule has 0 bridgehead atoms. The minimum atomic E-state index is -0.794. The highest BCUT2D eigenvalue weighted by atomic mass is 35.5. The minimum absolute atomic E-state index is 0.0742. The molecule has 0 N–H and O–H groups in total. The number of hydrogen-bond acceptors (Lipinski definition) is 3. The first-order valence-electron chi connectivity index (χ1n) is 10.00. The molecule has 1 aliphatic carbocycles. The molecule has 28 heavy (non-hydrogen) atoms. The van der Waals surface area contributed by atoms with E-state index in [4.69, 9.17) is 27.9 Å². The molecule has 5 heteroatoms. The molecule has 0 radical (unpaired) electrons. The Hall–Kier alpha value is -1.26. The van der Waals surface area contributed by atoms with Crippen molar-refractivity contribution in [3.8, 4) is 5.75 Å². The fraction of sp³-hybridized carbons (Fsp3) is 0.478. The quantitative estimate of drug-likeness (QED) is 0.640. The monoisotopic (exact) mass is 418 g/mol. The second-order valence-corrected chi connectivity index (χ2v) is 9.57. The molecule has 2 aromatic rings. The van der Waals surface area contributed by atoms with Gasteiger partial charge in [0.05, 0.1) is 0 Å². The summed E-state index contributed by atoms with van der Waals surface area (Å²) in [6.45, 7) is 8.33. The number of likely N-dealkylation sites (N-methyl/N-ethyl adjacent to an activating group) is 1. The van der Waals surface area contributed by atoms with E-state index in [2.05, 4.69) is 48.0 Å². The van der Waals surface area contributed by atoms with Gasteiger partial charge >= 0.3 is 0 Å². The topological polar surface area (TPSA) is 15.7 Å². The van der Waals surface area contributed by atoms with Crippen molar-refractivity contribution in [2.75, 3.05) is 46.4 Å². The molecule has 2 aliphatic rings. The Morgan fingerprint density at radius 1 is 0.964 bits per heavy atom. The molecule has 3 nitrogen and oxygen atoms in total. The number of hydrogen-bond donors (Lipinski definition) is 0. The van der Waals surface area contributed by atoms with Gasteiger partial charge in [0.25, 0.3) is 0 Å². The van der Waals surface area contributed by atoms with Crippen molar-refractivity contribution in [1.82, 2.24) is 9.80 Å². The van der Waals surface area contributed by atoms with Crippen molar-refractivity contribution in [1.29, 1.82) is 0 Å². The summed E-state index contributed by atoms with van der Waals surface area (Å²) in [4.78, 5) is 4.82. The normalized spacial score (nSPS) is 27.5. The summed E-state index contributed by atoms with van der Waals surface area (Å²) in [5, 5.41) is 0. The molecular formula is C23H28Cl2N2O. The van der Waals surface area contributed by atoms with Gasteiger partial charge < -0.3 is 9.64 Å². The average molecular weight is 419 g/mol. The van der Waals surface area contributed by atoms with Crippen LogP contribution in [0.5, 0.6) is 5.75 Å². The van der Waals surface area contributed by atoms with E-state index >= 15 is 0 Å². The SMILES string of the molecule is CN1CCN(CCOc2ccc(C3C(Cl)(Cl)C3(C)c3ccccc3)cc2)CC1. The van der Waals surface area contributed by atoms with Crippen molar-refractivity contribution in [2.45, 2.75) is 22.6 Å². The number of rotatable bonds is 6. The van der Waals surface area contributed by atoms with Gasteiger partial charge in [0.15, 0.2) is 0 Å². The summed E-state index contributed by atoms with van der Waals surface area (Å²) in [6.07, 6.45) is 0. The number of halogens is 2. The van der Waals surface area contributed by atoms with Crippen LogP contribution in [-0.4, -0.2) is 60.5 Å². The molecule has 4 rings (SSSR count). The van der Waals surface area contributed by atoms with Crippen LogP contribution in [0, 0.1) is 0 Å². The van der Waals surface area contributed by atoms with Crippen molar-refractivity contribution >= 4 is 23.2 Å². The van der Waals surface area contributed by atoms with Gasteiger partial charge in [0.2, 0.25) is 0 Å². The predicted octanol–water partition coefficient (Wildman–Crippen LogP) is 4.54. The summed E-state index contributed by atoms with van der Waals surface area (Å²) >= 11 is 13.5. The Morgan fingerprint density at radius 3 is 2.25 bits per heavy atom. The smallest absolute Gasteiger partial charge is 0.136 e. The van der Waals surface area contributed by atoms with E-state index in [1.165, 1.54) is 5.56 Å². The average Bonchev–Trinajstić information content (AvgIpc) is 3.18. The van der Waals surface area contributed by atoms with E-state index in [1.807, 2.05) is 30.3 Å². The van der Waals surface area contributed by atoms with E-state index in [1.54, 1.807) is 0 Å². The summed E-state index contributed by atoms with van der Waals surface area (Å²) < 4.78 is 5.16. The van der Waals surface area contributed by atoms with Gasteiger partial charge in [-0.25, -0.2) is 0 Å². The molecule has 0 aromatic heterocycles. The summed E-state index contributed by atoms with van der Waals surface area (Å²) in [7, 11) is 2.18. The van der Waals surface area contributed by atoms with E-state index in [-0.39, 0.29) is 11.3 Å². The maximum atomic E-state index is 6.73. The second-order valence-electron chi connectivity index (χ2n) is 8.19. The maximum Gasteiger partial charge on any atom is 0.136 e. The van der Waals surface area contributed by atoms with E-state index in [0.29, 0.717) is 6.61 Å². The molecule has 2 atom stereocenters. The van der Waals surface area contributed by atoms with E-state index in [0.717, 1.165) is 44.0 Å². The number of piperazine rings is 1. The Bertz CT molecular complexity index is 788. The van der Waals surface area contributed by atoms with E-state index < -0.39 is 4.33 Å². The molecule has 1 saturated carbocycles. The first-order chi connectivity index (χ1) is 13.4. The zero-order valence-electron chi connectivity index (χ0n) is 16.6. The number of alkyl halides is 2. The molecule has 1 aliphatic heterocycles. The first-order valence-corrected chi connectivity index (χ1v) is 10.8. The van der Waals surface area contributed by atoms with Crippen molar-refractivity contribution in [2.24, 2.45) is 0 Å². The largest absolute Gasteiger partial charge is 0.492 e. The van der Waals surface area contributed by atoms with Crippen LogP contribution in [0.3, 0.4) is 0 Å². The highest BCUT2D eigenvalue weighted by molar-refractivity contribution is 6.53. The van der Waals surface area contributed by atoms with Gasteiger partial charge in [0, 0.05) is 44.1 Å². The van der Waals surface area contributed by atoms with Gasteiger partial charge in [-0.15, -0.1) is 0 Å².